The number of nitrogens with zero attached hydrogens (tertiary/aromatic N) is 3. The van der Waals surface area contributed by atoms with Crippen LogP contribution in [0.4, 0.5) is 11.4 Å². The van der Waals surface area contributed by atoms with Crippen molar-refractivity contribution in [3.05, 3.63) is 53.3 Å². The smallest absolute Gasteiger partial charge is 0.272 e. The van der Waals surface area contributed by atoms with Gasteiger partial charge in [0.25, 0.3) is 5.91 Å². The van der Waals surface area contributed by atoms with Crippen LogP contribution in [0, 0.1) is 13.8 Å². The minimum absolute atomic E-state index is 0.0369. The number of aromatic nitrogens is 1. The molecule has 2 aliphatic rings. The van der Waals surface area contributed by atoms with Crippen molar-refractivity contribution in [1.82, 2.24) is 9.88 Å². The lowest BCUT2D eigenvalue weighted by atomic mass is 9.95. The van der Waals surface area contributed by atoms with E-state index in [-0.39, 0.29) is 5.91 Å². The molecule has 0 bridgehead atoms. The number of anilines is 2. The van der Waals surface area contributed by atoms with Gasteiger partial charge in [-0.05, 0) is 56.0 Å². The number of nitrogens with one attached hydrogen (secondary N) is 1. The van der Waals surface area contributed by atoms with E-state index in [9.17, 15) is 4.79 Å². The third kappa shape index (κ3) is 4.55. The third-order valence-corrected chi connectivity index (χ3v) is 6.44. The van der Waals surface area contributed by atoms with Crippen molar-refractivity contribution in [2.24, 2.45) is 0 Å². The van der Waals surface area contributed by atoms with E-state index in [2.05, 4.69) is 47.2 Å². The second kappa shape index (κ2) is 8.85. The van der Waals surface area contributed by atoms with Gasteiger partial charge in [0.2, 0.25) is 0 Å². The predicted octanol–water partition coefficient (Wildman–Crippen LogP) is 4.41. The summed E-state index contributed by atoms with van der Waals surface area (Å²) in [6, 6.07) is 10.9. The SMILES string of the molecule is Cc1cccc(N2CCN(C(=O)c3ccc(NC4CCCCC4)cn3)CC2)c1C. The molecule has 0 unspecified atom stereocenters. The summed E-state index contributed by atoms with van der Waals surface area (Å²) in [5.74, 6) is 0.0369. The lowest BCUT2D eigenvalue weighted by molar-refractivity contribution is 0.0741. The summed E-state index contributed by atoms with van der Waals surface area (Å²) in [7, 11) is 0. The van der Waals surface area contributed by atoms with E-state index in [1.165, 1.54) is 48.9 Å². The predicted molar refractivity (Wildman–Crippen MR) is 119 cm³/mol. The molecule has 1 saturated heterocycles. The van der Waals surface area contributed by atoms with Crippen LogP contribution in [0.2, 0.25) is 0 Å². The monoisotopic (exact) mass is 392 g/mol. The molecule has 0 spiro atoms. The van der Waals surface area contributed by atoms with Gasteiger partial charge < -0.3 is 15.1 Å². The third-order valence-electron chi connectivity index (χ3n) is 6.44. The highest BCUT2D eigenvalue weighted by Gasteiger charge is 2.24. The zero-order chi connectivity index (χ0) is 20.2. The van der Waals surface area contributed by atoms with E-state index >= 15 is 0 Å². The molecule has 1 N–H and O–H groups in total. The summed E-state index contributed by atoms with van der Waals surface area (Å²) in [5.41, 5.74) is 5.49. The van der Waals surface area contributed by atoms with E-state index in [0.29, 0.717) is 11.7 Å². The normalized spacial score (nSPS) is 18.0. The van der Waals surface area contributed by atoms with Gasteiger partial charge in [0.05, 0.1) is 11.9 Å². The molecule has 4 rings (SSSR count). The molecular formula is C24H32N4O. The van der Waals surface area contributed by atoms with Gasteiger partial charge in [0, 0.05) is 37.9 Å². The lowest BCUT2D eigenvalue weighted by Gasteiger charge is -2.37. The minimum atomic E-state index is 0.0369. The molecule has 1 aromatic carbocycles. The van der Waals surface area contributed by atoms with Crippen LogP contribution in [0.25, 0.3) is 0 Å². The second-order valence-electron chi connectivity index (χ2n) is 8.41. The highest BCUT2D eigenvalue weighted by Crippen LogP contribution is 2.24. The second-order valence-corrected chi connectivity index (χ2v) is 8.41. The van der Waals surface area contributed by atoms with Gasteiger partial charge >= 0.3 is 0 Å². The first-order chi connectivity index (χ1) is 14.1. The molecule has 2 heterocycles. The van der Waals surface area contributed by atoms with E-state index in [4.69, 9.17) is 0 Å². The summed E-state index contributed by atoms with van der Waals surface area (Å²) < 4.78 is 0. The maximum Gasteiger partial charge on any atom is 0.272 e. The maximum absolute atomic E-state index is 12.9. The minimum Gasteiger partial charge on any atom is -0.381 e. The number of benzene rings is 1. The van der Waals surface area contributed by atoms with Crippen LogP contribution >= 0.6 is 0 Å². The summed E-state index contributed by atoms with van der Waals surface area (Å²) >= 11 is 0. The molecular weight excluding hydrogens is 360 g/mol. The molecule has 5 heteroatoms. The first-order valence-corrected chi connectivity index (χ1v) is 10.9. The Morgan fingerprint density at radius 2 is 1.76 bits per heavy atom. The fraction of sp³-hybridized carbons (Fsp3) is 0.500. The van der Waals surface area contributed by atoms with Gasteiger partial charge in [-0.1, -0.05) is 31.4 Å². The molecule has 1 aromatic heterocycles. The van der Waals surface area contributed by atoms with E-state index in [1.807, 2.05) is 23.2 Å². The van der Waals surface area contributed by atoms with Crippen molar-refractivity contribution < 1.29 is 4.79 Å². The van der Waals surface area contributed by atoms with Crippen LogP contribution in [0.1, 0.15) is 53.7 Å². The zero-order valence-electron chi connectivity index (χ0n) is 17.7. The van der Waals surface area contributed by atoms with Crippen molar-refractivity contribution in [3.63, 3.8) is 0 Å². The van der Waals surface area contributed by atoms with E-state index < -0.39 is 0 Å². The number of aryl methyl sites for hydroxylation is 1. The van der Waals surface area contributed by atoms with Crippen LogP contribution in [-0.2, 0) is 0 Å². The van der Waals surface area contributed by atoms with Crippen LogP contribution < -0.4 is 10.2 Å². The quantitative estimate of drug-likeness (QED) is 0.838. The summed E-state index contributed by atoms with van der Waals surface area (Å²) in [4.78, 5) is 21.7. The Balaban J connectivity index is 1.34. The van der Waals surface area contributed by atoms with Gasteiger partial charge in [-0.3, -0.25) is 4.79 Å². The Bertz CT molecular complexity index is 834. The topological polar surface area (TPSA) is 48.5 Å². The Hall–Kier alpha value is -2.56. The molecule has 1 saturated carbocycles. The Labute approximate surface area is 174 Å². The average Bonchev–Trinajstić information content (AvgIpc) is 2.77. The molecule has 2 aromatic rings. The molecule has 29 heavy (non-hydrogen) atoms. The fourth-order valence-corrected chi connectivity index (χ4v) is 4.48. The van der Waals surface area contributed by atoms with Crippen molar-refractivity contribution in [2.45, 2.75) is 52.0 Å². The van der Waals surface area contributed by atoms with Crippen LogP contribution in [0.5, 0.6) is 0 Å². The standard InChI is InChI=1S/C24H32N4O/c1-18-7-6-10-23(19(18)2)27-13-15-28(16-14-27)24(29)22-12-11-21(17-25-22)26-20-8-4-3-5-9-20/h6-7,10-12,17,20,26H,3-5,8-9,13-16H2,1-2H3. The van der Waals surface area contributed by atoms with Gasteiger partial charge in [-0.25, -0.2) is 4.98 Å². The summed E-state index contributed by atoms with van der Waals surface area (Å²) in [6.07, 6.45) is 8.22. The highest BCUT2D eigenvalue weighted by atomic mass is 16.2. The van der Waals surface area contributed by atoms with Gasteiger partial charge in [-0.15, -0.1) is 0 Å². The molecule has 1 aliphatic heterocycles. The molecule has 154 valence electrons. The molecule has 0 radical (unpaired) electrons. The fourth-order valence-electron chi connectivity index (χ4n) is 4.48. The lowest BCUT2D eigenvalue weighted by Crippen LogP contribution is -2.49. The molecule has 1 amide bonds. The van der Waals surface area contributed by atoms with Crippen LogP contribution in [0.3, 0.4) is 0 Å². The number of amides is 1. The van der Waals surface area contributed by atoms with Gasteiger partial charge in [0.15, 0.2) is 0 Å². The van der Waals surface area contributed by atoms with Crippen molar-refractivity contribution in [2.75, 3.05) is 36.4 Å². The Kier molecular flexibility index (Phi) is 6.02. The summed E-state index contributed by atoms with van der Waals surface area (Å²) in [6.45, 7) is 7.51. The molecule has 0 atom stereocenters. The van der Waals surface area contributed by atoms with Gasteiger partial charge in [0.1, 0.15) is 5.69 Å². The zero-order valence-corrected chi connectivity index (χ0v) is 17.7. The van der Waals surface area contributed by atoms with E-state index in [1.54, 1.807) is 0 Å². The van der Waals surface area contributed by atoms with Gasteiger partial charge in [-0.2, -0.15) is 0 Å². The average molecular weight is 393 g/mol. The number of rotatable bonds is 4. The van der Waals surface area contributed by atoms with Crippen molar-refractivity contribution in [3.8, 4) is 0 Å². The Morgan fingerprint density at radius 1 is 1.00 bits per heavy atom. The number of piperazine rings is 1. The number of carbonyl (C=O) groups is 1. The van der Waals surface area contributed by atoms with Crippen LogP contribution in [0.15, 0.2) is 36.5 Å². The molecule has 5 nitrogen and oxygen atoms in total. The van der Waals surface area contributed by atoms with E-state index in [0.717, 1.165) is 31.9 Å². The van der Waals surface area contributed by atoms with Crippen molar-refractivity contribution in [1.29, 1.82) is 0 Å². The first-order valence-electron chi connectivity index (χ1n) is 10.9. The number of carbonyl (C=O) groups excluding carboxylic acids is 1. The van der Waals surface area contributed by atoms with Crippen LogP contribution in [-0.4, -0.2) is 48.0 Å². The highest BCUT2D eigenvalue weighted by molar-refractivity contribution is 5.92. The maximum atomic E-state index is 12.9. The Morgan fingerprint density at radius 3 is 2.45 bits per heavy atom. The first kappa shape index (κ1) is 19.7. The number of pyridine rings is 1. The molecule has 1 aliphatic carbocycles. The number of hydrogen-bond acceptors (Lipinski definition) is 4. The van der Waals surface area contributed by atoms with Crippen molar-refractivity contribution >= 4 is 17.3 Å². The molecule has 2 fully saturated rings. The largest absolute Gasteiger partial charge is 0.381 e. The number of hydrogen-bond donors (Lipinski definition) is 1. The summed E-state index contributed by atoms with van der Waals surface area (Å²) in [5, 5.41) is 3.57.